The maximum Gasteiger partial charge on any atom is 0.586 e. The van der Waals surface area contributed by atoms with E-state index in [-0.39, 0.29) is 17.1 Å². The molecule has 0 saturated carbocycles. The van der Waals surface area contributed by atoms with Crippen molar-refractivity contribution in [2.24, 2.45) is 0 Å². The van der Waals surface area contributed by atoms with Crippen molar-refractivity contribution >= 4 is 22.8 Å². The number of aromatic nitrogens is 2. The normalized spacial score (nSPS) is 14.2. The second-order valence-electron chi connectivity index (χ2n) is 6.41. The number of benzene rings is 2. The molecule has 1 aliphatic heterocycles. The predicted octanol–water partition coefficient (Wildman–Crippen LogP) is 4.16. The highest BCUT2D eigenvalue weighted by Crippen LogP contribution is 2.43. The molecule has 2 heterocycles. The van der Waals surface area contributed by atoms with Crippen LogP contribution in [-0.4, -0.2) is 40.4 Å². The van der Waals surface area contributed by atoms with Crippen LogP contribution < -0.4 is 14.4 Å². The van der Waals surface area contributed by atoms with Gasteiger partial charge in [-0.05, 0) is 50.2 Å². The Morgan fingerprint density at radius 2 is 1.76 bits per heavy atom. The van der Waals surface area contributed by atoms with Crippen molar-refractivity contribution < 1.29 is 28.2 Å². The highest BCUT2D eigenvalue weighted by molar-refractivity contribution is 5.93. The van der Waals surface area contributed by atoms with E-state index in [0.29, 0.717) is 41.2 Å². The number of hydrogen-bond donors (Lipinski definition) is 1. The van der Waals surface area contributed by atoms with E-state index >= 15 is 0 Å². The van der Waals surface area contributed by atoms with E-state index in [1.165, 1.54) is 24.3 Å². The van der Waals surface area contributed by atoms with Gasteiger partial charge < -0.3 is 19.5 Å². The maximum absolute atomic E-state index is 13.4. The van der Waals surface area contributed by atoms with Crippen LogP contribution in [0.5, 0.6) is 11.5 Å². The summed E-state index contributed by atoms with van der Waals surface area (Å²) in [5.41, 5.74) is 2.04. The first kappa shape index (κ1) is 18.9. The smallest absolute Gasteiger partial charge is 0.478 e. The summed E-state index contributed by atoms with van der Waals surface area (Å²) in [6, 6.07) is 8.92. The zero-order valence-electron chi connectivity index (χ0n) is 15.6. The predicted molar refractivity (Wildman–Crippen MR) is 102 cm³/mol. The Balaban J connectivity index is 1.90. The van der Waals surface area contributed by atoms with E-state index < -0.39 is 12.3 Å². The number of hydrogen-bond acceptors (Lipinski definition) is 6. The lowest BCUT2D eigenvalue weighted by Gasteiger charge is -2.23. The molecule has 0 unspecified atom stereocenters. The minimum atomic E-state index is -3.70. The topological polar surface area (TPSA) is 84.8 Å². The largest absolute Gasteiger partial charge is 0.586 e. The van der Waals surface area contributed by atoms with Crippen molar-refractivity contribution in [3.05, 3.63) is 42.0 Å². The van der Waals surface area contributed by atoms with Crippen molar-refractivity contribution in [2.75, 3.05) is 18.0 Å². The molecular formula is C20H17F2N3O4. The van der Waals surface area contributed by atoms with Gasteiger partial charge in [-0.2, -0.15) is 0 Å². The van der Waals surface area contributed by atoms with Crippen molar-refractivity contribution in [1.29, 1.82) is 0 Å². The Morgan fingerprint density at radius 3 is 2.45 bits per heavy atom. The molecule has 9 heteroatoms. The Kier molecular flexibility index (Phi) is 4.45. The van der Waals surface area contributed by atoms with Gasteiger partial charge in [0, 0.05) is 18.7 Å². The van der Waals surface area contributed by atoms with Gasteiger partial charge in [-0.25, -0.2) is 14.8 Å². The molecule has 1 aliphatic rings. The van der Waals surface area contributed by atoms with E-state index in [9.17, 15) is 18.7 Å². The molecule has 0 spiro atoms. The number of rotatable bonds is 5. The zero-order valence-corrected chi connectivity index (χ0v) is 15.6. The van der Waals surface area contributed by atoms with E-state index in [1.807, 2.05) is 18.7 Å². The third kappa shape index (κ3) is 3.39. The van der Waals surface area contributed by atoms with Crippen LogP contribution in [0.3, 0.4) is 0 Å². The van der Waals surface area contributed by atoms with Crippen LogP contribution in [-0.2, 0) is 0 Å². The Bertz CT molecular complexity index is 1120. The van der Waals surface area contributed by atoms with Crippen molar-refractivity contribution in [3.8, 4) is 22.8 Å². The molecule has 0 amide bonds. The fourth-order valence-electron chi connectivity index (χ4n) is 3.21. The van der Waals surface area contributed by atoms with Gasteiger partial charge in [-0.3, -0.25) is 0 Å². The quantitative estimate of drug-likeness (QED) is 0.687. The van der Waals surface area contributed by atoms with Gasteiger partial charge in [0.2, 0.25) is 0 Å². The third-order valence-electron chi connectivity index (χ3n) is 4.63. The number of ether oxygens (including phenoxy) is 2. The van der Waals surface area contributed by atoms with Gasteiger partial charge in [-0.15, -0.1) is 8.78 Å². The molecule has 0 saturated heterocycles. The average molecular weight is 401 g/mol. The number of alkyl halides is 2. The van der Waals surface area contributed by atoms with E-state index in [0.717, 1.165) is 0 Å². The number of carboxylic acids is 1. The summed E-state index contributed by atoms with van der Waals surface area (Å²) >= 11 is 0. The van der Waals surface area contributed by atoms with Crippen LogP contribution in [0.25, 0.3) is 22.3 Å². The highest BCUT2D eigenvalue weighted by Gasteiger charge is 2.43. The maximum atomic E-state index is 13.4. The number of carboxylic acid groups (broad SMARTS) is 1. The van der Waals surface area contributed by atoms with Gasteiger partial charge in [0.1, 0.15) is 5.69 Å². The number of halogens is 2. The lowest BCUT2D eigenvalue weighted by molar-refractivity contribution is -0.286. The van der Waals surface area contributed by atoms with Crippen LogP contribution in [0.2, 0.25) is 0 Å². The molecule has 0 atom stereocenters. The molecule has 150 valence electrons. The van der Waals surface area contributed by atoms with Crippen LogP contribution in [0.1, 0.15) is 24.2 Å². The molecule has 3 aromatic rings. The highest BCUT2D eigenvalue weighted by atomic mass is 19.3. The minimum Gasteiger partial charge on any atom is -0.478 e. The first-order chi connectivity index (χ1) is 13.8. The molecule has 29 heavy (non-hydrogen) atoms. The van der Waals surface area contributed by atoms with Gasteiger partial charge in [0.15, 0.2) is 17.3 Å². The first-order valence-electron chi connectivity index (χ1n) is 9.01. The Morgan fingerprint density at radius 1 is 1.03 bits per heavy atom. The number of nitrogens with zero attached hydrogens (tertiary/aromatic N) is 3. The van der Waals surface area contributed by atoms with Crippen LogP contribution in [0.4, 0.5) is 14.6 Å². The standard InChI is InChI=1S/C20H17F2N3O4/c1-3-25(4-2)18-17(11-6-8-15-16(10-11)29-20(21,22)28-15)23-13-7-5-12(19(26)27)9-14(13)24-18/h5-10H,3-4H2,1-2H3,(H,26,27). The molecule has 4 rings (SSSR count). The lowest BCUT2D eigenvalue weighted by atomic mass is 10.1. The van der Waals surface area contributed by atoms with E-state index in [1.54, 1.807) is 12.1 Å². The molecule has 7 nitrogen and oxygen atoms in total. The van der Waals surface area contributed by atoms with Crippen LogP contribution >= 0.6 is 0 Å². The summed E-state index contributed by atoms with van der Waals surface area (Å²) in [6.45, 7) is 5.16. The van der Waals surface area contributed by atoms with Crippen molar-refractivity contribution in [2.45, 2.75) is 20.1 Å². The molecule has 2 aromatic carbocycles. The lowest BCUT2D eigenvalue weighted by Crippen LogP contribution is -2.25. The number of anilines is 1. The van der Waals surface area contributed by atoms with Gasteiger partial charge in [-0.1, -0.05) is 0 Å². The summed E-state index contributed by atoms with van der Waals surface area (Å²) in [5.74, 6) is -0.668. The average Bonchev–Trinajstić information content (AvgIpc) is 3.00. The SMILES string of the molecule is CCN(CC)c1nc2cc(C(=O)O)ccc2nc1-c1ccc2c(c1)OC(F)(F)O2. The summed E-state index contributed by atoms with van der Waals surface area (Å²) in [6.07, 6.45) is -3.70. The van der Waals surface area contributed by atoms with Crippen molar-refractivity contribution in [1.82, 2.24) is 9.97 Å². The fourth-order valence-corrected chi connectivity index (χ4v) is 3.21. The molecular weight excluding hydrogens is 384 g/mol. The molecule has 1 N–H and O–H groups in total. The molecule has 0 radical (unpaired) electrons. The van der Waals surface area contributed by atoms with E-state index in [4.69, 9.17) is 0 Å². The van der Waals surface area contributed by atoms with Crippen LogP contribution in [0, 0.1) is 0 Å². The second-order valence-corrected chi connectivity index (χ2v) is 6.41. The summed E-state index contributed by atoms with van der Waals surface area (Å²) in [4.78, 5) is 22.5. The number of carbonyl (C=O) groups is 1. The Labute approximate surface area is 164 Å². The Hall–Kier alpha value is -3.49. The zero-order chi connectivity index (χ0) is 20.8. The van der Waals surface area contributed by atoms with Gasteiger partial charge in [0.05, 0.1) is 16.6 Å². The van der Waals surface area contributed by atoms with E-state index in [2.05, 4.69) is 19.4 Å². The minimum absolute atomic E-state index is 0.0528. The summed E-state index contributed by atoms with van der Waals surface area (Å²) in [5, 5.41) is 9.23. The molecule has 0 bridgehead atoms. The first-order valence-corrected chi connectivity index (χ1v) is 9.01. The van der Waals surface area contributed by atoms with Gasteiger partial charge >= 0.3 is 12.3 Å². The fraction of sp³-hybridized carbons (Fsp3) is 0.250. The van der Waals surface area contributed by atoms with Gasteiger partial charge in [0.25, 0.3) is 0 Å². The molecule has 0 aliphatic carbocycles. The van der Waals surface area contributed by atoms with Crippen LogP contribution in [0.15, 0.2) is 36.4 Å². The second kappa shape index (κ2) is 6.84. The third-order valence-corrected chi connectivity index (χ3v) is 4.63. The molecule has 0 fully saturated rings. The number of aromatic carboxylic acids is 1. The molecule has 1 aromatic heterocycles. The summed E-state index contributed by atoms with van der Waals surface area (Å²) < 4.78 is 35.8. The van der Waals surface area contributed by atoms with Crippen molar-refractivity contribution in [3.63, 3.8) is 0 Å². The number of fused-ring (bicyclic) bond motifs is 2. The monoisotopic (exact) mass is 401 g/mol. The summed E-state index contributed by atoms with van der Waals surface area (Å²) in [7, 11) is 0.